The predicted molar refractivity (Wildman–Crippen MR) is 95.0 cm³/mol. The minimum absolute atomic E-state index is 0.0665. The zero-order chi connectivity index (χ0) is 17.2. The molecule has 7 nitrogen and oxygen atoms in total. The van der Waals surface area contributed by atoms with Crippen LogP contribution in [0.2, 0.25) is 0 Å². The standard InChI is InChI=1S/C14H18BrN3O4S/c1-3-20-11-5-9(7-17-18-14(16)23)10(15)6-12(11)22-8-13(19)21-4-2/h5-7H,3-4,8H2,1-2H3,(H3,16,18,23). The lowest BCUT2D eigenvalue weighted by atomic mass is 10.2. The van der Waals surface area contributed by atoms with Crippen LogP contribution >= 0.6 is 28.1 Å². The van der Waals surface area contributed by atoms with E-state index in [-0.39, 0.29) is 11.7 Å². The molecule has 9 heteroatoms. The molecule has 1 rings (SSSR count). The Hall–Kier alpha value is -1.87. The number of halogens is 1. The maximum absolute atomic E-state index is 11.4. The molecule has 0 unspecified atom stereocenters. The topological polar surface area (TPSA) is 95.2 Å². The van der Waals surface area contributed by atoms with Gasteiger partial charge < -0.3 is 19.9 Å². The van der Waals surface area contributed by atoms with Crippen LogP contribution in [0.5, 0.6) is 11.5 Å². The molecular formula is C14H18BrN3O4S. The molecule has 0 radical (unpaired) electrons. The van der Waals surface area contributed by atoms with E-state index in [1.54, 1.807) is 19.1 Å². The molecule has 0 aliphatic heterocycles. The minimum atomic E-state index is -0.447. The number of nitrogens with one attached hydrogen (secondary N) is 1. The van der Waals surface area contributed by atoms with Gasteiger partial charge >= 0.3 is 5.97 Å². The normalized spacial score (nSPS) is 10.4. The molecular weight excluding hydrogens is 386 g/mol. The quantitative estimate of drug-likeness (QED) is 0.296. The molecule has 0 bridgehead atoms. The van der Waals surface area contributed by atoms with E-state index >= 15 is 0 Å². The fourth-order valence-corrected chi connectivity index (χ4v) is 2.01. The highest BCUT2D eigenvalue weighted by Crippen LogP contribution is 2.33. The molecule has 0 heterocycles. The van der Waals surface area contributed by atoms with Crippen LogP contribution in [0.4, 0.5) is 0 Å². The number of hydrazone groups is 1. The van der Waals surface area contributed by atoms with Crippen LogP contribution in [-0.2, 0) is 9.53 Å². The first-order chi connectivity index (χ1) is 11.0. The van der Waals surface area contributed by atoms with Gasteiger partial charge in [-0.05, 0) is 54.1 Å². The number of benzene rings is 1. The Morgan fingerprint density at radius 1 is 1.35 bits per heavy atom. The number of rotatable bonds is 8. The number of esters is 1. The summed E-state index contributed by atoms with van der Waals surface area (Å²) in [6.45, 7) is 4.13. The molecule has 0 aromatic heterocycles. The number of hydrogen-bond donors (Lipinski definition) is 2. The molecule has 1 aromatic rings. The van der Waals surface area contributed by atoms with Gasteiger partial charge in [0.05, 0.1) is 19.4 Å². The Balaban J connectivity index is 2.93. The lowest BCUT2D eigenvalue weighted by Gasteiger charge is -2.13. The first-order valence-corrected chi connectivity index (χ1v) is 8.01. The zero-order valence-electron chi connectivity index (χ0n) is 12.8. The zero-order valence-corrected chi connectivity index (χ0v) is 15.2. The van der Waals surface area contributed by atoms with Crippen molar-refractivity contribution in [1.82, 2.24) is 5.43 Å². The first-order valence-electron chi connectivity index (χ1n) is 6.81. The molecule has 126 valence electrons. The molecule has 3 N–H and O–H groups in total. The largest absolute Gasteiger partial charge is 0.490 e. The van der Waals surface area contributed by atoms with Crippen LogP contribution < -0.4 is 20.6 Å². The third-order valence-electron chi connectivity index (χ3n) is 2.39. The van der Waals surface area contributed by atoms with E-state index in [0.29, 0.717) is 29.2 Å². The number of nitrogens with zero attached hydrogens (tertiary/aromatic N) is 1. The van der Waals surface area contributed by atoms with Gasteiger partial charge in [0.2, 0.25) is 0 Å². The highest BCUT2D eigenvalue weighted by atomic mass is 79.9. The van der Waals surface area contributed by atoms with Gasteiger partial charge in [-0.3, -0.25) is 5.43 Å². The summed E-state index contributed by atoms with van der Waals surface area (Å²) < 4.78 is 16.5. The summed E-state index contributed by atoms with van der Waals surface area (Å²) in [7, 11) is 0. The van der Waals surface area contributed by atoms with Crippen LogP contribution in [0.25, 0.3) is 0 Å². The average Bonchev–Trinajstić information content (AvgIpc) is 2.48. The number of thiocarbonyl (C=S) groups is 1. The van der Waals surface area contributed by atoms with Gasteiger partial charge in [-0.1, -0.05) is 0 Å². The third-order valence-corrected chi connectivity index (χ3v) is 3.17. The summed E-state index contributed by atoms with van der Waals surface area (Å²) in [5.74, 6) is 0.459. The monoisotopic (exact) mass is 403 g/mol. The van der Waals surface area contributed by atoms with Crippen molar-refractivity contribution in [1.29, 1.82) is 0 Å². The SMILES string of the molecule is CCOC(=O)COc1cc(Br)c(C=NNC(N)=S)cc1OCC. The van der Waals surface area contributed by atoms with E-state index < -0.39 is 5.97 Å². The molecule has 0 amide bonds. The maximum atomic E-state index is 11.4. The van der Waals surface area contributed by atoms with Gasteiger partial charge in [0.25, 0.3) is 0 Å². The molecule has 23 heavy (non-hydrogen) atoms. The van der Waals surface area contributed by atoms with Crippen molar-refractivity contribution in [3.63, 3.8) is 0 Å². The Kier molecular flexibility index (Phi) is 8.35. The number of nitrogens with two attached hydrogens (primary N) is 1. The van der Waals surface area contributed by atoms with E-state index in [1.165, 1.54) is 6.21 Å². The van der Waals surface area contributed by atoms with Gasteiger partial charge in [-0.15, -0.1) is 0 Å². The van der Waals surface area contributed by atoms with Crippen LogP contribution in [0.1, 0.15) is 19.4 Å². The van der Waals surface area contributed by atoms with Gasteiger partial charge in [0.15, 0.2) is 23.2 Å². The summed E-state index contributed by atoms with van der Waals surface area (Å²) in [5.41, 5.74) is 8.48. The fourth-order valence-electron chi connectivity index (χ4n) is 1.54. The minimum Gasteiger partial charge on any atom is -0.490 e. The second-order valence-electron chi connectivity index (χ2n) is 4.08. The van der Waals surface area contributed by atoms with Crippen molar-refractivity contribution in [2.45, 2.75) is 13.8 Å². The van der Waals surface area contributed by atoms with Gasteiger partial charge in [0, 0.05) is 10.0 Å². The van der Waals surface area contributed by atoms with Crippen LogP contribution in [0.3, 0.4) is 0 Å². The Labute approximate surface area is 148 Å². The second-order valence-corrected chi connectivity index (χ2v) is 5.38. The van der Waals surface area contributed by atoms with Crippen molar-refractivity contribution in [3.8, 4) is 11.5 Å². The van der Waals surface area contributed by atoms with Crippen molar-refractivity contribution in [3.05, 3.63) is 22.2 Å². The van der Waals surface area contributed by atoms with E-state index in [4.69, 9.17) is 19.9 Å². The molecule has 0 atom stereocenters. The van der Waals surface area contributed by atoms with Crippen molar-refractivity contribution in [2.24, 2.45) is 10.8 Å². The Morgan fingerprint density at radius 3 is 2.65 bits per heavy atom. The molecule has 0 aliphatic carbocycles. The maximum Gasteiger partial charge on any atom is 0.344 e. The highest BCUT2D eigenvalue weighted by molar-refractivity contribution is 9.10. The summed E-state index contributed by atoms with van der Waals surface area (Å²) in [6, 6.07) is 3.41. The smallest absolute Gasteiger partial charge is 0.344 e. The number of carbonyl (C=O) groups is 1. The van der Waals surface area contributed by atoms with Gasteiger partial charge in [-0.25, -0.2) is 4.79 Å². The summed E-state index contributed by atoms with van der Waals surface area (Å²) >= 11 is 8.07. The van der Waals surface area contributed by atoms with Crippen LogP contribution in [0.15, 0.2) is 21.7 Å². The van der Waals surface area contributed by atoms with Crippen molar-refractivity contribution in [2.75, 3.05) is 19.8 Å². The summed E-state index contributed by atoms with van der Waals surface area (Å²) in [5, 5.41) is 3.96. The Bertz CT molecular complexity index is 596. The molecule has 0 fully saturated rings. The third kappa shape index (κ3) is 6.83. The molecule has 1 aromatic carbocycles. The fraction of sp³-hybridized carbons (Fsp3) is 0.357. The molecule has 0 aliphatic rings. The number of hydrogen-bond acceptors (Lipinski definition) is 6. The van der Waals surface area contributed by atoms with Crippen molar-refractivity contribution >= 4 is 45.4 Å². The second kappa shape index (κ2) is 10.0. The number of ether oxygens (including phenoxy) is 3. The van der Waals surface area contributed by atoms with Gasteiger partial charge in [-0.2, -0.15) is 5.10 Å². The first kappa shape index (κ1) is 19.2. The van der Waals surface area contributed by atoms with E-state index in [9.17, 15) is 4.79 Å². The molecule has 0 saturated carbocycles. The summed E-state index contributed by atoms with van der Waals surface area (Å²) in [6.07, 6.45) is 1.53. The lowest BCUT2D eigenvalue weighted by Crippen LogP contribution is -2.24. The van der Waals surface area contributed by atoms with Gasteiger partial charge in [0.1, 0.15) is 0 Å². The number of carbonyl (C=O) groups excluding carboxylic acids is 1. The lowest BCUT2D eigenvalue weighted by molar-refractivity contribution is -0.145. The predicted octanol–water partition coefficient (Wildman–Crippen LogP) is 1.96. The van der Waals surface area contributed by atoms with E-state index in [2.05, 4.69) is 38.7 Å². The van der Waals surface area contributed by atoms with E-state index in [0.717, 1.165) is 5.56 Å². The molecule has 0 saturated heterocycles. The molecule has 0 spiro atoms. The van der Waals surface area contributed by atoms with Crippen LogP contribution in [0, 0.1) is 0 Å². The van der Waals surface area contributed by atoms with Crippen LogP contribution in [-0.4, -0.2) is 37.1 Å². The average molecular weight is 404 g/mol. The Morgan fingerprint density at radius 2 is 2.04 bits per heavy atom. The van der Waals surface area contributed by atoms with E-state index in [1.807, 2.05) is 6.92 Å². The van der Waals surface area contributed by atoms with Crippen molar-refractivity contribution < 1.29 is 19.0 Å². The summed E-state index contributed by atoms with van der Waals surface area (Å²) in [4.78, 5) is 11.4. The highest BCUT2D eigenvalue weighted by Gasteiger charge is 2.12.